The maximum absolute atomic E-state index is 11.9. The molecule has 3 aromatic rings. The molecule has 136 valence electrons. The Hall–Kier alpha value is -3.48. The molecule has 1 aliphatic heterocycles. The number of ether oxygens (including phenoxy) is 1. The van der Waals surface area contributed by atoms with Crippen molar-refractivity contribution in [3.05, 3.63) is 54.0 Å². The molecule has 1 N–H and O–H groups in total. The molecule has 0 atom stereocenters. The van der Waals surface area contributed by atoms with Crippen LogP contribution in [0.25, 0.3) is 11.4 Å². The Morgan fingerprint density at radius 1 is 1.11 bits per heavy atom. The van der Waals surface area contributed by atoms with Crippen LogP contribution in [-0.4, -0.2) is 34.5 Å². The summed E-state index contributed by atoms with van der Waals surface area (Å²) in [4.78, 5) is 26.8. The second-order valence-corrected chi connectivity index (χ2v) is 6.39. The Morgan fingerprint density at radius 2 is 1.89 bits per heavy atom. The molecule has 0 bridgehead atoms. The van der Waals surface area contributed by atoms with E-state index in [0.29, 0.717) is 11.6 Å². The number of anilines is 3. The van der Waals surface area contributed by atoms with Gasteiger partial charge in [0.15, 0.2) is 12.4 Å². The van der Waals surface area contributed by atoms with Gasteiger partial charge in [-0.2, -0.15) is 0 Å². The third-order valence-electron chi connectivity index (χ3n) is 4.64. The summed E-state index contributed by atoms with van der Waals surface area (Å²) in [5.74, 6) is 1.97. The van der Waals surface area contributed by atoms with Crippen molar-refractivity contribution in [2.24, 2.45) is 0 Å². The zero-order valence-corrected chi connectivity index (χ0v) is 15.4. The quantitative estimate of drug-likeness (QED) is 0.771. The van der Waals surface area contributed by atoms with Crippen LogP contribution < -0.4 is 15.0 Å². The molecule has 1 aromatic carbocycles. The molecule has 3 heterocycles. The molecule has 1 aliphatic rings. The predicted octanol–water partition coefficient (Wildman–Crippen LogP) is 3.25. The van der Waals surface area contributed by atoms with E-state index in [2.05, 4.69) is 20.3 Å². The third-order valence-corrected chi connectivity index (χ3v) is 4.64. The van der Waals surface area contributed by atoms with Crippen LogP contribution in [0.5, 0.6) is 5.75 Å². The van der Waals surface area contributed by atoms with Gasteiger partial charge < -0.3 is 15.0 Å². The van der Waals surface area contributed by atoms with Gasteiger partial charge in [-0.15, -0.1) is 0 Å². The van der Waals surface area contributed by atoms with E-state index in [1.54, 1.807) is 24.3 Å². The van der Waals surface area contributed by atoms with Crippen molar-refractivity contribution in [2.75, 3.05) is 23.9 Å². The summed E-state index contributed by atoms with van der Waals surface area (Å²) in [6.07, 6.45) is 3.44. The second kappa shape index (κ2) is 6.68. The van der Waals surface area contributed by atoms with E-state index in [0.717, 1.165) is 34.0 Å². The average Bonchev–Trinajstić information content (AvgIpc) is 2.69. The van der Waals surface area contributed by atoms with Gasteiger partial charge in [-0.1, -0.05) is 0 Å². The number of hydrogen-bond donors (Lipinski definition) is 1. The van der Waals surface area contributed by atoms with Crippen molar-refractivity contribution in [1.82, 2.24) is 15.0 Å². The lowest BCUT2D eigenvalue weighted by Crippen LogP contribution is -2.35. The fraction of sp³-hybridized carbons (Fsp3) is 0.200. The number of aryl methyl sites for hydroxylation is 1. The molecule has 0 saturated carbocycles. The molecule has 4 rings (SSSR count). The molecule has 2 aromatic heterocycles. The number of nitrogens with zero attached hydrogens (tertiary/aromatic N) is 4. The van der Waals surface area contributed by atoms with Crippen LogP contribution >= 0.6 is 0 Å². The zero-order valence-electron chi connectivity index (χ0n) is 15.4. The standard InChI is InChI=1S/C20H19N5O2/c1-12-13(2)22-20(14-6-8-21-9-7-14)24-19(12)23-15-4-5-17-16(10-15)25(3)18(26)11-27-17/h4-10H,11H2,1-3H3,(H,22,23,24). The van der Waals surface area contributed by atoms with E-state index >= 15 is 0 Å². The highest BCUT2D eigenvalue weighted by Gasteiger charge is 2.22. The molecule has 27 heavy (non-hydrogen) atoms. The monoisotopic (exact) mass is 361 g/mol. The summed E-state index contributed by atoms with van der Waals surface area (Å²) in [6, 6.07) is 9.41. The van der Waals surface area contributed by atoms with Crippen LogP contribution in [0.15, 0.2) is 42.7 Å². The zero-order chi connectivity index (χ0) is 19.0. The van der Waals surface area contributed by atoms with Gasteiger partial charge in [0.25, 0.3) is 5.91 Å². The van der Waals surface area contributed by atoms with Gasteiger partial charge >= 0.3 is 0 Å². The van der Waals surface area contributed by atoms with Crippen molar-refractivity contribution in [1.29, 1.82) is 0 Å². The van der Waals surface area contributed by atoms with Gasteiger partial charge in [-0.25, -0.2) is 9.97 Å². The number of pyridine rings is 1. The number of carbonyl (C=O) groups excluding carboxylic acids is 1. The lowest BCUT2D eigenvalue weighted by molar-refractivity contribution is -0.120. The molecule has 0 fully saturated rings. The topological polar surface area (TPSA) is 80.2 Å². The van der Waals surface area contributed by atoms with E-state index < -0.39 is 0 Å². The van der Waals surface area contributed by atoms with Crippen LogP contribution in [0.2, 0.25) is 0 Å². The summed E-state index contributed by atoms with van der Waals surface area (Å²) < 4.78 is 5.48. The number of likely N-dealkylation sites (N-methyl/N-ethyl adjacent to an activating group) is 1. The molecule has 0 aliphatic carbocycles. The number of hydrogen-bond acceptors (Lipinski definition) is 6. The van der Waals surface area contributed by atoms with E-state index in [1.165, 1.54) is 0 Å². The van der Waals surface area contributed by atoms with E-state index in [9.17, 15) is 4.79 Å². The Bertz CT molecular complexity index is 1020. The highest BCUT2D eigenvalue weighted by molar-refractivity contribution is 5.98. The largest absolute Gasteiger partial charge is 0.482 e. The molecule has 0 unspecified atom stereocenters. The first-order chi connectivity index (χ1) is 13.0. The summed E-state index contributed by atoms with van der Waals surface area (Å²) >= 11 is 0. The fourth-order valence-electron chi connectivity index (χ4n) is 2.87. The minimum absolute atomic E-state index is 0.0653. The Balaban J connectivity index is 1.71. The summed E-state index contributed by atoms with van der Waals surface area (Å²) in [6.45, 7) is 4.00. The normalized spacial score (nSPS) is 13.1. The van der Waals surface area contributed by atoms with Gasteiger partial charge in [0.1, 0.15) is 11.6 Å². The van der Waals surface area contributed by atoms with Gasteiger partial charge in [-0.3, -0.25) is 9.78 Å². The summed E-state index contributed by atoms with van der Waals surface area (Å²) in [5.41, 5.74) is 4.31. The predicted molar refractivity (Wildman–Crippen MR) is 103 cm³/mol. The maximum atomic E-state index is 11.9. The maximum Gasteiger partial charge on any atom is 0.264 e. The number of rotatable bonds is 3. The lowest BCUT2D eigenvalue weighted by Gasteiger charge is -2.26. The Morgan fingerprint density at radius 3 is 2.67 bits per heavy atom. The van der Waals surface area contributed by atoms with E-state index in [1.807, 2.05) is 44.2 Å². The third kappa shape index (κ3) is 3.19. The second-order valence-electron chi connectivity index (χ2n) is 6.39. The fourth-order valence-corrected chi connectivity index (χ4v) is 2.87. The first kappa shape index (κ1) is 17.0. The highest BCUT2D eigenvalue weighted by atomic mass is 16.5. The first-order valence-corrected chi connectivity index (χ1v) is 8.59. The SMILES string of the molecule is Cc1nc(-c2ccncc2)nc(Nc2ccc3c(c2)N(C)C(=O)CO3)c1C. The number of benzene rings is 1. The van der Waals surface area contributed by atoms with Crippen molar-refractivity contribution in [2.45, 2.75) is 13.8 Å². The van der Waals surface area contributed by atoms with E-state index in [-0.39, 0.29) is 12.5 Å². The molecule has 7 heteroatoms. The molecule has 1 amide bonds. The van der Waals surface area contributed by atoms with Crippen LogP contribution in [-0.2, 0) is 4.79 Å². The van der Waals surface area contributed by atoms with Gasteiger partial charge in [0.05, 0.1) is 5.69 Å². The summed E-state index contributed by atoms with van der Waals surface area (Å²) in [5, 5.41) is 3.35. The van der Waals surface area contributed by atoms with Gasteiger partial charge in [-0.05, 0) is 44.2 Å². The molecular weight excluding hydrogens is 342 g/mol. The minimum atomic E-state index is -0.0753. The molecule has 0 radical (unpaired) electrons. The number of aromatic nitrogens is 3. The number of fused-ring (bicyclic) bond motifs is 1. The average molecular weight is 361 g/mol. The van der Waals surface area contributed by atoms with Gasteiger partial charge in [0, 0.05) is 41.9 Å². The smallest absolute Gasteiger partial charge is 0.264 e. The Labute approximate surface area is 157 Å². The Kier molecular flexibility index (Phi) is 4.19. The number of amides is 1. The van der Waals surface area contributed by atoms with Crippen molar-refractivity contribution in [3.63, 3.8) is 0 Å². The van der Waals surface area contributed by atoms with Crippen molar-refractivity contribution >= 4 is 23.1 Å². The molecule has 0 spiro atoms. The molecule has 7 nitrogen and oxygen atoms in total. The van der Waals surface area contributed by atoms with Crippen molar-refractivity contribution in [3.8, 4) is 17.1 Å². The van der Waals surface area contributed by atoms with Gasteiger partial charge in [0.2, 0.25) is 0 Å². The summed E-state index contributed by atoms with van der Waals surface area (Å²) in [7, 11) is 1.75. The molecular formula is C20H19N5O2. The minimum Gasteiger partial charge on any atom is -0.482 e. The van der Waals surface area contributed by atoms with Crippen LogP contribution in [0.3, 0.4) is 0 Å². The highest BCUT2D eigenvalue weighted by Crippen LogP contribution is 2.35. The van der Waals surface area contributed by atoms with E-state index in [4.69, 9.17) is 4.74 Å². The lowest BCUT2D eigenvalue weighted by atomic mass is 10.2. The van der Waals surface area contributed by atoms with Crippen LogP contribution in [0.1, 0.15) is 11.3 Å². The first-order valence-electron chi connectivity index (χ1n) is 8.59. The van der Waals surface area contributed by atoms with Crippen LogP contribution in [0.4, 0.5) is 17.2 Å². The van der Waals surface area contributed by atoms with Crippen LogP contribution in [0, 0.1) is 13.8 Å². The molecule has 0 saturated heterocycles. The van der Waals surface area contributed by atoms with Crippen molar-refractivity contribution < 1.29 is 9.53 Å². The number of nitrogens with one attached hydrogen (secondary N) is 1. The number of carbonyl (C=O) groups is 1.